The van der Waals surface area contributed by atoms with Crippen LogP contribution in [0.3, 0.4) is 0 Å². The van der Waals surface area contributed by atoms with Crippen LogP contribution >= 0.6 is 15.9 Å². The van der Waals surface area contributed by atoms with E-state index in [1.807, 2.05) is 0 Å². The summed E-state index contributed by atoms with van der Waals surface area (Å²) in [5, 5.41) is 0. The molecule has 7 heteroatoms. The molecule has 3 rings (SSSR count). The minimum absolute atomic E-state index is 0.000816. The lowest BCUT2D eigenvalue weighted by Gasteiger charge is -2.21. The van der Waals surface area contributed by atoms with Crippen LogP contribution in [0.15, 0.2) is 27.6 Å². The van der Waals surface area contributed by atoms with Crippen molar-refractivity contribution in [3.8, 4) is 0 Å². The Labute approximate surface area is 127 Å². The van der Waals surface area contributed by atoms with Crippen molar-refractivity contribution in [3.05, 3.63) is 22.7 Å². The first kappa shape index (κ1) is 14.3. The predicted molar refractivity (Wildman–Crippen MR) is 81.9 cm³/mol. The number of nitrogen functional groups attached to an aromatic ring is 1. The Hall–Kier alpha value is -0.630. The normalized spacial score (nSPS) is 26.9. The van der Waals surface area contributed by atoms with Gasteiger partial charge in [0.05, 0.1) is 5.69 Å². The zero-order chi connectivity index (χ0) is 14.3. The fourth-order valence-electron chi connectivity index (χ4n) is 3.22. The summed E-state index contributed by atoms with van der Waals surface area (Å²) in [6, 6.07) is 5.25. The maximum absolute atomic E-state index is 12.5. The van der Waals surface area contributed by atoms with Gasteiger partial charge in [-0.25, -0.2) is 13.1 Å². The van der Waals surface area contributed by atoms with Crippen LogP contribution in [0.5, 0.6) is 0 Å². The van der Waals surface area contributed by atoms with E-state index in [0.29, 0.717) is 10.5 Å². The first-order chi connectivity index (χ1) is 9.47. The highest BCUT2D eigenvalue weighted by molar-refractivity contribution is 9.10. The predicted octanol–water partition coefficient (Wildman–Crippen LogP) is 1.55. The molecular formula is C13H18BrN3O2S. The summed E-state index contributed by atoms with van der Waals surface area (Å²) in [6.45, 7) is 2.06. The SMILES string of the molecule is Nc1ccc(Br)cc1S(=O)(=O)NC1CCN2CCCC12. The van der Waals surface area contributed by atoms with Crippen molar-refractivity contribution in [2.24, 2.45) is 0 Å². The fourth-order valence-corrected chi connectivity index (χ4v) is 5.20. The molecule has 2 atom stereocenters. The van der Waals surface area contributed by atoms with Gasteiger partial charge in [0.2, 0.25) is 10.0 Å². The maximum atomic E-state index is 12.5. The van der Waals surface area contributed by atoms with Crippen LogP contribution in [-0.2, 0) is 10.0 Å². The molecule has 0 aliphatic carbocycles. The molecule has 1 aromatic rings. The van der Waals surface area contributed by atoms with E-state index in [-0.39, 0.29) is 16.6 Å². The van der Waals surface area contributed by atoms with Gasteiger partial charge in [0, 0.05) is 23.1 Å². The summed E-state index contributed by atoms with van der Waals surface area (Å²) in [4.78, 5) is 2.53. The van der Waals surface area contributed by atoms with Crippen LogP contribution < -0.4 is 10.5 Å². The zero-order valence-electron chi connectivity index (χ0n) is 11.0. The molecule has 2 unspecified atom stereocenters. The van der Waals surface area contributed by atoms with E-state index in [9.17, 15) is 8.42 Å². The largest absolute Gasteiger partial charge is 0.398 e. The molecule has 2 aliphatic heterocycles. The molecular weight excluding hydrogens is 342 g/mol. The van der Waals surface area contributed by atoms with Crippen LogP contribution in [-0.4, -0.2) is 38.5 Å². The van der Waals surface area contributed by atoms with Crippen molar-refractivity contribution in [1.29, 1.82) is 0 Å². The van der Waals surface area contributed by atoms with Crippen LogP contribution in [0.2, 0.25) is 0 Å². The van der Waals surface area contributed by atoms with Gasteiger partial charge in [-0.1, -0.05) is 15.9 Å². The molecule has 0 saturated carbocycles. The van der Waals surface area contributed by atoms with Crippen LogP contribution in [0.4, 0.5) is 5.69 Å². The molecule has 3 N–H and O–H groups in total. The van der Waals surface area contributed by atoms with Gasteiger partial charge >= 0.3 is 0 Å². The Bertz CT molecular complexity index is 620. The van der Waals surface area contributed by atoms with Crippen molar-refractivity contribution >= 4 is 31.6 Å². The smallest absolute Gasteiger partial charge is 0.242 e. The first-order valence-corrected chi connectivity index (χ1v) is 9.06. The number of nitrogens with two attached hydrogens (primary N) is 1. The third kappa shape index (κ3) is 2.59. The number of nitrogens with one attached hydrogen (secondary N) is 1. The Kier molecular flexibility index (Phi) is 3.79. The topological polar surface area (TPSA) is 75.4 Å². The lowest BCUT2D eigenvalue weighted by atomic mass is 10.1. The number of anilines is 1. The molecule has 0 spiro atoms. The third-order valence-corrected chi connectivity index (χ3v) is 6.22. The quantitative estimate of drug-likeness (QED) is 0.802. The minimum atomic E-state index is -3.57. The number of nitrogens with zero attached hydrogens (tertiary/aromatic N) is 1. The van der Waals surface area contributed by atoms with Gasteiger partial charge in [0.25, 0.3) is 0 Å². The van der Waals surface area contributed by atoms with E-state index in [4.69, 9.17) is 5.73 Å². The van der Waals surface area contributed by atoms with E-state index in [1.54, 1.807) is 18.2 Å². The highest BCUT2D eigenvalue weighted by Crippen LogP contribution is 2.30. The standard InChI is InChI=1S/C13H18BrN3O2S/c14-9-3-4-10(15)13(8-9)20(18,19)16-11-5-7-17-6-1-2-12(11)17/h3-4,8,11-12,16H,1-2,5-7,15H2. The van der Waals surface area contributed by atoms with Crippen molar-refractivity contribution in [1.82, 2.24) is 9.62 Å². The summed E-state index contributed by atoms with van der Waals surface area (Å²) < 4.78 is 28.6. The molecule has 0 amide bonds. The molecule has 2 saturated heterocycles. The Morgan fingerprint density at radius 3 is 2.90 bits per heavy atom. The summed E-state index contributed by atoms with van der Waals surface area (Å²) >= 11 is 3.29. The Morgan fingerprint density at radius 2 is 2.10 bits per heavy atom. The van der Waals surface area contributed by atoms with E-state index >= 15 is 0 Å². The highest BCUT2D eigenvalue weighted by Gasteiger charge is 2.39. The summed E-state index contributed by atoms with van der Waals surface area (Å²) in [5.41, 5.74) is 6.09. The van der Waals surface area contributed by atoms with E-state index in [1.165, 1.54) is 0 Å². The summed E-state index contributed by atoms with van der Waals surface area (Å²) in [6.07, 6.45) is 3.10. The second kappa shape index (κ2) is 5.29. The molecule has 5 nitrogen and oxygen atoms in total. The molecule has 20 heavy (non-hydrogen) atoms. The number of hydrogen-bond donors (Lipinski definition) is 2. The third-order valence-electron chi connectivity index (χ3n) is 4.18. The zero-order valence-corrected chi connectivity index (χ0v) is 13.5. The van der Waals surface area contributed by atoms with Gasteiger partial charge in [-0.05, 0) is 44.0 Å². The average Bonchev–Trinajstić information content (AvgIpc) is 2.97. The molecule has 2 aliphatic rings. The van der Waals surface area contributed by atoms with Crippen LogP contribution in [0, 0.1) is 0 Å². The van der Waals surface area contributed by atoms with E-state index in [0.717, 1.165) is 32.4 Å². The molecule has 110 valence electrons. The Morgan fingerprint density at radius 1 is 1.30 bits per heavy atom. The molecule has 1 aromatic carbocycles. The van der Waals surface area contributed by atoms with Gasteiger partial charge in [0.15, 0.2) is 0 Å². The number of sulfonamides is 1. The number of benzene rings is 1. The van der Waals surface area contributed by atoms with E-state index < -0.39 is 10.0 Å². The summed E-state index contributed by atoms with van der Waals surface area (Å²) in [7, 11) is -3.57. The molecule has 2 fully saturated rings. The van der Waals surface area contributed by atoms with Crippen molar-refractivity contribution in [2.45, 2.75) is 36.2 Å². The molecule has 2 heterocycles. The van der Waals surface area contributed by atoms with Gasteiger partial charge in [-0.15, -0.1) is 0 Å². The van der Waals surface area contributed by atoms with Gasteiger partial charge in [0.1, 0.15) is 4.90 Å². The maximum Gasteiger partial charge on any atom is 0.242 e. The monoisotopic (exact) mass is 359 g/mol. The number of halogens is 1. The lowest BCUT2D eigenvalue weighted by molar-refractivity contribution is 0.309. The number of fused-ring (bicyclic) bond motifs is 1. The summed E-state index contributed by atoms with van der Waals surface area (Å²) in [5.74, 6) is 0. The van der Waals surface area contributed by atoms with Crippen molar-refractivity contribution < 1.29 is 8.42 Å². The Balaban J connectivity index is 1.84. The minimum Gasteiger partial charge on any atom is -0.398 e. The second-order valence-corrected chi connectivity index (χ2v) is 8.04. The van der Waals surface area contributed by atoms with Crippen molar-refractivity contribution in [3.63, 3.8) is 0 Å². The highest BCUT2D eigenvalue weighted by atomic mass is 79.9. The van der Waals surface area contributed by atoms with Crippen molar-refractivity contribution in [2.75, 3.05) is 18.8 Å². The number of rotatable bonds is 3. The van der Waals surface area contributed by atoms with Crippen LogP contribution in [0.25, 0.3) is 0 Å². The lowest BCUT2D eigenvalue weighted by Crippen LogP contribution is -2.42. The van der Waals surface area contributed by atoms with Gasteiger partial charge < -0.3 is 5.73 Å². The average molecular weight is 360 g/mol. The van der Waals surface area contributed by atoms with Gasteiger partial charge in [-0.2, -0.15) is 0 Å². The number of hydrogen-bond acceptors (Lipinski definition) is 4. The fraction of sp³-hybridized carbons (Fsp3) is 0.538. The molecule has 0 bridgehead atoms. The molecule has 0 aromatic heterocycles. The first-order valence-electron chi connectivity index (χ1n) is 6.79. The molecule has 0 radical (unpaired) electrons. The van der Waals surface area contributed by atoms with Crippen LogP contribution in [0.1, 0.15) is 19.3 Å². The second-order valence-electron chi connectivity index (χ2n) is 5.44. The van der Waals surface area contributed by atoms with Gasteiger partial charge in [-0.3, -0.25) is 4.90 Å². The van der Waals surface area contributed by atoms with E-state index in [2.05, 4.69) is 25.6 Å².